The van der Waals surface area contributed by atoms with E-state index in [9.17, 15) is 4.79 Å². The fourth-order valence-corrected chi connectivity index (χ4v) is 6.63. The largest absolute Gasteiger partial charge is 0.479 e. The van der Waals surface area contributed by atoms with Gasteiger partial charge < -0.3 is 29.4 Å². The molecular weight excluding hydrogens is 530 g/mol. The Balaban J connectivity index is 1.93. The second kappa shape index (κ2) is 11.1. The van der Waals surface area contributed by atoms with E-state index in [2.05, 4.69) is 28.0 Å². The number of rotatable bonds is 8. The number of nitrogens with two attached hydrogens (primary N) is 1. The lowest BCUT2D eigenvalue weighted by Gasteiger charge is -2.39. The number of carbonyl (C=O) groups excluding carboxylic acids is 1. The highest BCUT2D eigenvalue weighted by Crippen LogP contribution is 2.45. The Kier molecular flexibility index (Phi) is 8.28. The molecule has 0 saturated carbocycles. The number of aromatic nitrogens is 4. The molecule has 0 aliphatic carbocycles. The molecule has 40 heavy (non-hydrogen) atoms. The summed E-state index contributed by atoms with van der Waals surface area (Å²) < 4.78 is 33.4. The summed E-state index contributed by atoms with van der Waals surface area (Å²) in [6, 6.07) is 8.87. The van der Waals surface area contributed by atoms with Gasteiger partial charge in [0.25, 0.3) is 0 Å². The molecule has 1 aliphatic heterocycles. The number of hydrogen-bond acceptors (Lipinski definition) is 10. The van der Waals surface area contributed by atoms with Gasteiger partial charge in [-0.1, -0.05) is 31.3 Å². The Labute approximate surface area is 236 Å². The molecule has 1 aromatic carbocycles. The summed E-state index contributed by atoms with van der Waals surface area (Å²) in [6.07, 6.45) is -0.515. The van der Waals surface area contributed by atoms with Crippen LogP contribution in [0.1, 0.15) is 51.9 Å². The smallest absolute Gasteiger partial charge is 0.338 e. The van der Waals surface area contributed by atoms with E-state index in [1.807, 2.05) is 47.6 Å². The minimum atomic E-state index is -1.52. The van der Waals surface area contributed by atoms with Crippen LogP contribution in [-0.2, 0) is 24.3 Å². The van der Waals surface area contributed by atoms with Crippen LogP contribution in [0.25, 0.3) is 11.2 Å². The van der Waals surface area contributed by atoms with Crippen molar-refractivity contribution in [3.05, 3.63) is 42.2 Å². The molecule has 1 aliphatic rings. The van der Waals surface area contributed by atoms with Crippen molar-refractivity contribution in [2.24, 2.45) is 0 Å². The van der Waals surface area contributed by atoms with Crippen LogP contribution < -0.4 is 10.5 Å². The van der Waals surface area contributed by atoms with Gasteiger partial charge in [0, 0.05) is 0 Å². The number of fused-ring (bicyclic) bond motifs is 1. The molecule has 217 valence electrons. The number of nitrogen functional groups attached to an aromatic ring is 1. The first kappa shape index (κ1) is 29.9. The zero-order valence-electron chi connectivity index (χ0n) is 24.7. The first-order valence-corrected chi connectivity index (χ1v) is 15.8. The molecule has 3 heterocycles. The van der Waals surface area contributed by atoms with Crippen LogP contribution in [0, 0.1) is 0 Å². The van der Waals surface area contributed by atoms with Crippen molar-refractivity contribution in [2.45, 2.75) is 89.5 Å². The Hall–Kier alpha value is -3.06. The van der Waals surface area contributed by atoms with Crippen LogP contribution in [0.5, 0.6) is 5.88 Å². The molecule has 0 amide bonds. The number of methoxy groups -OCH3 is 1. The zero-order chi connectivity index (χ0) is 29.5. The zero-order valence-corrected chi connectivity index (χ0v) is 25.7. The van der Waals surface area contributed by atoms with E-state index in [-0.39, 0.29) is 18.4 Å². The highest BCUT2D eigenvalue weighted by atomic mass is 28.3. The third-order valence-corrected chi connectivity index (χ3v) is 8.52. The number of carbonyl (C=O) groups is 1. The van der Waals surface area contributed by atoms with Gasteiger partial charge in [-0.2, -0.15) is 9.97 Å². The highest BCUT2D eigenvalue weighted by Gasteiger charge is 2.62. The number of hydrogen-bond donors (Lipinski definition) is 1. The number of benzene rings is 1. The number of esters is 1. The summed E-state index contributed by atoms with van der Waals surface area (Å²) in [5.41, 5.74) is 6.30. The monoisotopic (exact) mass is 570 g/mol. The summed E-state index contributed by atoms with van der Waals surface area (Å²) >= 11 is 0. The van der Waals surface area contributed by atoms with Crippen LogP contribution >= 0.6 is 0 Å². The molecule has 11 nitrogen and oxygen atoms in total. The second-order valence-electron chi connectivity index (χ2n) is 12.0. The third-order valence-electron chi connectivity index (χ3n) is 6.44. The van der Waals surface area contributed by atoms with E-state index in [0.717, 1.165) is 0 Å². The van der Waals surface area contributed by atoms with Crippen LogP contribution in [-0.4, -0.2) is 77.5 Å². The fourth-order valence-electron chi connectivity index (χ4n) is 4.81. The molecule has 4 rings (SSSR count). The lowest BCUT2D eigenvalue weighted by molar-refractivity contribution is -0.141. The van der Waals surface area contributed by atoms with E-state index in [1.54, 1.807) is 35.2 Å². The van der Waals surface area contributed by atoms with Crippen LogP contribution in [0.2, 0.25) is 13.1 Å². The van der Waals surface area contributed by atoms with Crippen molar-refractivity contribution in [1.82, 2.24) is 19.5 Å². The summed E-state index contributed by atoms with van der Waals surface area (Å²) in [6.45, 7) is 16.2. The molecule has 2 N–H and O–H groups in total. The SMILES string of the molecule is COc1nc(N)nc2c1ncn2[C@@]1([Si](C)C)O[C@H](COC(C)(C)C)[C@@H](OC(C)(C)C)[C@@H]1OC(=O)c1ccccc1. The Bertz CT molecular complexity index is 1340. The van der Waals surface area contributed by atoms with Crippen molar-refractivity contribution < 1.29 is 28.5 Å². The predicted octanol–water partition coefficient (Wildman–Crippen LogP) is 3.99. The molecule has 1 fully saturated rings. The molecule has 3 aromatic rings. The van der Waals surface area contributed by atoms with Gasteiger partial charge in [0.05, 0.1) is 36.8 Å². The van der Waals surface area contributed by atoms with Gasteiger partial charge in [0.15, 0.2) is 22.6 Å². The van der Waals surface area contributed by atoms with Gasteiger partial charge in [-0.05, 0) is 53.7 Å². The Morgan fingerprint density at radius 3 is 2.35 bits per heavy atom. The van der Waals surface area contributed by atoms with Gasteiger partial charge >= 0.3 is 5.97 Å². The van der Waals surface area contributed by atoms with E-state index in [1.165, 1.54) is 7.11 Å². The lowest BCUT2D eigenvalue weighted by Crippen LogP contribution is -2.56. The lowest BCUT2D eigenvalue weighted by atomic mass is 10.1. The van der Waals surface area contributed by atoms with Crippen LogP contribution in [0.3, 0.4) is 0 Å². The topological polar surface area (TPSA) is 133 Å². The van der Waals surface area contributed by atoms with Crippen molar-refractivity contribution in [3.8, 4) is 5.88 Å². The minimum Gasteiger partial charge on any atom is -0.479 e. The number of anilines is 1. The van der Waals surface area contributed by atoms with E-state index in [0.29, 0.717) is 16.7 Å². The maximum Gasteiger partial charge on any atom is 0.338 e. The Morgan fingerprint density at radius 2 is 1.77 bits per heavy atom. The van der Waals surface area contributed by atoms with Crippen molar-refractivity contribution in [3.63, 3.8) is 0 Å². The van der Waals surface area contributed by atoms with Gasteiger partial charge in [0.2, 0.25) is 11.8 Å². The quantitative estimate of drug-likeness (QED) is 0.313. The minimum absolute atomic E-state index is 0.0214. The maximum atomic E-state index is 13.6. The van der Waals surface area contributed by atoms with E-state index < -0.39 is 49.6 Å². The van der Waals surface area contributed by atoms with Crippen molar-refractivity contribution in [2.75, 3.05) is 19.5 Å². The standard InChI is InChI=1S/C28H40N5O6Si/c1-26(2,3)36-15-18-20(39-27(4,5)6)21(37-24(34)17-13-11-10-12-14-17)28(38-18,40(8)9)33-16-30-19-22(33)31-25(29)32-23(19)35-7/h10-14,16,18,20-21H,15H2,1-9H3,(H2,29,31,32)/t18-,20-,21+,28-/m1/s1. The second-order valence-corrected chi connectivity index (χ2v) is 14.8. The molecule has 2 aromatic heterocycles. The van der Waals surface area contributed by atoms with Gasteiger partial charge in [0.1, 0.15) is 21.0 Å². The van der Waals surface area contributed by atoms with Crippen LogP contribution in [0.15, 0.2) is 36.7 Å². The first-order valence-electron chi connectivity index (χ1n) is 13.3. The van der Waals surface area contributed by atoms with Gasteiger partial charge in [-0.3, -0.25) is 4.57 Å². The van der Waals surface area contributed by atoms with Crippen molar-refractivity contribution in [1.29, 1.82) is 0 Å². The van der Waals surface area contributed by atoms with E-state index in [4.69, 9.17) is 29.4 Å². The Morgan fingerprint density at radius 1 is 1.10 bits per heavy atom. The van der Waals surface area contributed by atoms with Gasteiger partial charge in [-0.15, -0.1) is 0 Å². The summed E-state index contributed by atoms with van der Waals surface area (Å²) in [7, 11) is -0.0233. The normalized spacial score (nSPS) is 23.6. The predicted molar refractivity (Wildman–Crippen MR) is 153 cm³/mol. The molecule has 12 heteroatoms. The molecule has 1 saturated heterocycles. The van der Waals surface area contributed by atoms with Gasteiger partial charge in [-0.25, -0.2) is 9.78 Å². The third kappa shape index (κ3) is 5.99. The molecule has 0 bridgehead atoms. The number of nitrogens with zero attached hydrogens (tertiary/aromatic N) is 4. The molecule has 1 radical (unpaired) electrons. The summed E-state index contributed by atoms with van der Waals surface area (Å²) in [5, 5.41) is -1.20. The molecule has 0 unspecified atom stereocenters. The number of ether oxygens (including phenoxy) is 5. The van der Waals surface area contributed by atoms with E-state index >= 15 is 0 Å². The molecule has 0 spiro atoms. The average Bonchev–Trinajstić information content (AvgIpc) is 3.41. The average molecular weight is 571 g/mol. The van der Waals surface area contributed by atoms with Crippen molar-refractivity contribution >= 4 is 31.9 Å². The first-order chi connectivity index (χ1) is 18.7. The molecule has 4 atom stereocenters. The number of imidazole rings is 1. The highest BCUT2D eigenvalue weighted by molar-refractivity contribution is 6.58. The molecular formula is C28H40N5O6Si. The summed E-state index contributed by atoms with van der Waals surface area (Å²) in [4.78, 5) is 26.8. The fraction of sp³-hybridized carbons (Fsp3) is 0.571. The van der Waals surface area contributed by atoms with Crippen LogP contribution in [0.4, 0.5) is 5.95 Å². The summed E-state index contributed by atoms with van der Waals surface area (Å²) in [5.74, 6) is -0.227. The maximum absolute atomic E-state index is 13.6.